The van der Waals surface area contributed by atoms with E-state index in [0.717, 1.165) is 0 Å². The van der Waals surface area contributed by atoms with Gasteiger partial charge in [-0.05, 0) is 23.2 Å². The van der Waals surface area contributed by atoms with Gasteiger partial charge >= 0.3 is 0 Å². The van der Waals surface area contributed by atoms with Crippen LogP contribution < -0.4 is 0 Å². The van der Waals surface area contributed by atoms with E-state index in [0.29, 0.717) is 24.2 Å². The van der Waals surface area contributed by atoms with E-state index in [4.69, 9.17) is 4.74 Å². The number of ketones is 1. The fraction of sp³-hybridized carbons (Fsp3) is 0.933. The molecule has 1 rings (SSSR count). The summed E-state index contributed by atoms with van der Waals surface area (Å²) in [6.07, 6.45) is 2.88. The smallest absolute Gasteiger partial charge is 0.162 e. The number of rotatable bonds is 4. The zero-order valence-electron chi connectivity index (χ0n) is 12.2. The molecule has 1 aliphatic carbocycles. The highest BCUT2D eigenvalue weighted by Gasteiger charge is 2.40. The molecular formula is C15H28O2. The maximum atomic E-state index is 12.3. The minimum atomic E-state index is -0.193. The molecule has 0 aromatic heterocycles. The molecule has 0 spiro atoms. The van der Waals surface area contributed by atoms with Crippen LogP contribution in [0.2, 0.25) is 0 Å². The summed E-state index contributed by atoms with van der Waals surface area (Å²) in [4.78, 5) is 12.3. The largest absolute Gasteiger partial charge is 0.373 e. The third kappa shape index (κ3) is 3.80. The minimum Gasteiger partial charge on any atom is -0.373 e. The summed E-state index contributed by atoms with van der Waals surface area (Å²) in [5.41, 5.74) is 0.0545. The number of carbonyl (C=O) groups is 1. The molecule has 1 saturated carbocycles. The number of hydrogen-bond donors (Lipinski definition) is 0. The van der Waals surface area contributed by atoms with E-state index in [-0.39, 0.29) is 17.3 Å². The summed E-state index contributed by atoms with van der Waals surface area (Å²) in [5, 5.41) is 0. The van der Waals surface area contributed by atoms with Gasteiger partial charge in [-0.25, -0.2) is 0 Å². The van der Waals surface area contributed by atoms with Gasteiger partial charge in [-0.2, -0.15) is 0 Å². The molecule has 100 valence electrons. The van der Waals surface area contributed by atoms with Crippen molar-refractivity contribution >= 4 is 5.78 Å². The van der Waals surface area contributed by atoms with Crippen molar-refractivity contribution in [3.63, 3.8) is 0 Å². The Bertz CT molecular complexity index is 255. The molecule has 0 bridgehead atoms. The molecule has 0 heterocycles. The Labute approximate surface area is 106 Å². The van der Waals surface area contributed by atoms with Crippen molar-refractivity contribution < 1.29 is 9.53 Å². The highest BCUT2D eigenvalue weighted by atomic mass is 16.5. The van der Waals surface area contributed by atoms with Crippen molar-refractivity contribution in [2.24, 2.45) is 23.2 Å². The molecule has 0 aromatic carbocycles. The standard InChI is InChI=1S/C15H28O2/c1-10-7-8-11(2)13(10)14(17-6)12(16)9-15(3,4)5/h10-11,13-14H,7-9H2,1-6H3. The van der Waals surface area contributed by atoms with Crippen LogP contribution in [0.4, 0.5) is 0 Å². The van der Waals surface area contributed by atoms with Crippen molar-refractivity contribution in [3.05, 3.63) is 0 Å². The van der Waals surface area contributed by atoms with Gasteiger partial charge in [0.1, 0.15) is 6.10 Å². The van der Waals surface area contributed by atoms with Crippen LogP contribution in [0.5, 0.6) is 0 Å². The summed E-state index contributed by atoms with van der Waals surface area (Å²) < 4.78 is 5.53. The Morgan fingerprint density at radius 2 is 1.71 bits per heavy atom. The van der Waals surface area contributed by atoms with Gasteiger partial charge in [0, 0.05) is 13.5 Å². The van der Waals surface area contributed by atoms with Crippen molar-refractivity contribution in [1.29, 1.82) is 0 Å². The number of hydrogen-bond acceptors (Lipinski definition) is 2. The zero-order chi connectivity index (χ0) is 13.2. The third-order valence-corrected chi connectivity index (χ3v) is 4.02. The first kappa shape index (κ1) is 14.7. The van der Waals surface area contributed by atoms with Gasteiger partial charge in [-0.3, -0.25) is 4.79 Å². The number of carbonyl (C=O) groups excluding carboxylic acids is 1. The predicted octanol–water partition coefficient (Wildman–Crippen LogP) is 3.69. The summed E-state index contributed by atoms with van der Waals surface area (Å²) in [5.74, 6) is 1.91. The lowest BCUT2D eigenvalue weighted by Crippen LogP contribution is -2.37. The quantitative estimate of drug-likeness (QED) is 0.749. The molecule has 1 aliphatic rings. The van der Waals surface area contributed by atoms with Crippen LogP contribution in [-0.4, -0.2) is 19.0 Å². The van der Waals surface area contributed by atoms with Crippen LogP contribution in [0.3, 0.4) is 0 Å². The van der Waals surface area contributed by atoms with E-state index >= 15 is 0 Å². The minimum absolute atomic E-state index is 0.0545. The summed E-state index contributed by atoms with van der Waals surface area (Å²) in [6, 6.07) is 0. The Morgan fingerprint density at radius 1 is 1.24 bits per heavy atom. The first-order chi connectivity index (χ1) is 7.76. The molecule has 3 atom stereocenters. The summed E-state index contributed by atoms with van der Waals surface area (Å²) in [6.45, 7) is 10.8. The van der Waals surface area contributed by atoms with Gasteiger partial charge in [0.25, 0.3) is 0 Å². The highest BCUT2D eigenvalue weighted by Crippen LogP contribution is 2.40. The Morgan fingerprint density at radius 3 is 2.06 bits per heavy atom. The highest BCUT2D eigenvalue weighted by molar-refractivity contribution is 5.84. The van der Waals surface area contributed by atoms with E-state index in [1.54, 1.807) is 7.11 Å². The van der Waals surface area contributed by atoms with Crippen molar-refractivity contribution in [1.82, 2.24) is 0 Å². The van der Waals surface area contributed by atoms with Gasteiger partial charge in [0.15, 0.2) is 5.78 Å². The maximum absolute atomic E-state index is 12.3. The molecule has 0 radical (unpaired) electrons. The van der Waals surface area contributed by atoms with E-state index in [1.165, 1.54) is 12.8 Å². The van der Waals surface area contributed by atoms with Crippen LogP contribution >= 0.6 is 0 Å². The lowest BCUT2D eigenvalue weighted by atomic mass is 9.80. The molecule has 3 unspecified atom stereocenters. The van der Waals surface area contributed by atoms with Gasteiger partial charge in [0.05, 0.1) is 0 Å². The molecule has 2 nitrogen and oxygen atoms in total. The molecule has 17 heavy (non-hydrogen) atoms. The van der Waals surface area contributed by atoms with Crippen molar-refractivity contribution in [2.45, 2.75) is 60.0 Å². The molecular weight excluding hydrogens is 212 g/mol. The molecule has 0 amide bonds. The van der Waals surface area contributed by atoms with Crippen LogP contribution in [0.1, 0.15) is 53.9 Å². The van der Waals surface area contributed by atoms with Gasteiger partial charge in [0.2, 0.25) is 0 Å². The summed E-state index contributed by atoms with van der Waals surface area (Å²) >= 11 is 0. The maximum Gasteiger partial charge on any atom is 0.162 e. The van der Waals surface area contributed by atoms with Crippen LogP contribution in [0.25, 0.3) is 0 Å². The number of ether oxygens (including phenoxy) is 1. The van der Waals surface area contributed by atoms with Gasteiger partial charge < -0.3 is 4.74 Å². The average molecular weight is 240 g/mol. The zero-order valence-corrected chi connectivity index (χ0v) is 12.2. The van der Waals surface area contributed by atoms with E-state index in [1.807, 2.05) is 0 Å². The lowest BCUT2D eigenvalue weighted by molar-refractivity contribution is -0.135. The molecule has 0 aromatic rings. The molecule has 0 saturated heterocycles. The summed E-state index contributed by atoms with van der Waals surface area (Å²) in [7, 11) is 1.68. The van der Waals surface area contributed by atoms with Gasteiger partial charge in [-0.15, -0.1) is 0 Å². The van der Waals surface area contributed by atoms with Crippen LogP contribution in [0, 0.1) is 23.2 Å². The second-order valence-corrected chi connectivity index (χ2v) is 6.97. The average Bonchev–Trinajstić information content (AvgIpc) is 2.47. The Hall–Kier alpha value is -0.370. The number of Topliss-reactive ketones (excluding diaryl/α,β-unsaturated/α-hetero) is 1. The fourth-order valence-electron chi connectivity index (χ4n) is 3.19. The van der Waals surface area contributed by atoms with E-state index in [9.17, 15) is 4.79 Å². The fourth-order valence-corrected chi connectivity index (χ4v) is 3.19. The molecule has 0 N–H and O–H groups in total. The van der Waals surface area contributed by atoms with Crippen molar-refractivity contribution in [3.8, 4) is 0 Å². The Balaban J connectivity index is 2.73. The topological polar surface area (TPSA) is 26.3 Å². The molecule has 1 fully saturated rings. The van der Waals surface area contributed by atoms with E-state index in [2.05, 4.69) is 34.6 Å². The van der Waals surface area contributed by atoms with Gasteiger partial charge in [-0.1, -0.05) is 47.5 Å². The second-order valence-electron chi connectivity index (χ2n) is 6.97. The first-order valence-corrected chi connectivity index (χ1v) is 6.82. The van der Waals surface area contributed by atoms with Crippen molar-refractivity contribution in [2.75, 3.05) is 7.11 Å². The SMILES string of the molecule is COC(C(=O)CC(C)(C)C)C1C(C)CCC1C. The van der Waals surface area contributed by atoms with Crippen LogP contribution in [0.15, 0.2) is 0 Å². The van der Waals surface area contributed by atoms with Crippen LogP contribution in [-0.2, 0) is 9.53 Å². The Kier molecular flexibility index (Phi) is 4.77. The second kappa shape index (κ2) is 5.51. The normalized spacial score (nSPS) is 31.5. The third-order valence-electron chi connectivity index (χ3n) is 4.02. The first-order valence-electron chi connectivity index (χ1n) is 6.82. The molecule has 2 heteroatoms. The lowest BCUT2D eigenvalue weighted by Gasteiger charge is -2.30. The number of methoxy groups -OCH3 is 1. The molecule has 0 aliphatic heterocycles. The predicted molar refractivity (Wildman–Crippen MR) is 70.9 cm³/mol. The monoisotopic (exact) mass is 240 g/mol. The van der Waals surface area contributed by atoms with E-state index < -0.39 is 0 Å².